The van der Waals surface area contributed by atoms with Crippen molar-refractivity contribution in [3.63, 3.8) is 0 Å². The second kappa shape index (κ2) is 6.86. The highest BCUT2D eigenvalue weighted by Gasteiger charge is 2.36. The highest BCUT2D eigenvalue weighted by atomic mass is 16.5. The first-order valence-electron chi connectivity index (χ1n) is 8.07. The number of hydrogen-bond donors (Lipinski definition) is 1. The summed E-state index contributed by atoms with van der Waals surface area (Å²) in [6.07, 6.45) is 0.470. The van der Waals surface area contributed by atoms with Crippen molar-refractivity contribution >= 4 is 0 Å². The molecule has 5 heteroatoms. The van der Waals surface area contributed by atoms with E-state index in [4.69, 9.17) is 14.2 Å². The summed E-state index contributed by atoms with van der Waals surface area (Å²) in [4.78, 5) is 2.50. The molecule has 1 N–H and O–H groups in total. The molecule has 2 aliphatic heterocycles. The zero-order chi connectivity index (χ0) is 15.5. The minimum atomic E-state index is 0.149. The molecule has 0 radical (unpaired) electrons. The van der Waals surface area contributed by atoms with Crippen molar-refractivity contribution in [2.24, 2.45) is 0 Å². The molecule has 0 aromatic heterocycles. The molecule has 0 bridgehead atoms. The van der Waals surface area contributed by atoms with Gasteiger partial charge in [0.25, 0.3) is 0 Å². The van der Waals surface area contributed by atoms with Gasteiger partial charge in [0.15, 0.2) is 0 Å². The third kappa shape index (κ3) is 3.37. The summed E-state index contributed by atoms with van der Waals surface area (Å²) in [5.74, 6) is 1.75. The van der Waals surface area contributed by atoms with E-state index in [0.717, 1.165) is 44.3 Å². The molecule has 1 aromatic rings. The van der Waals surface area contributed by atoms with Gasteiger partial charge in [-0.3, -0.25) is 4.90 Å². The van der Waals surface area contributed by atoms with Crippen LogP contribution in [0.15, 0.2) is 18.2 Å². The average molecular weight is 306 g/mol. The van der Waals surface area contributed by atoms with Crippen LogP contribution in [-0.2, 0) is 11.3 Å². The van der Waals surface area contributed by atoms with Crippen molar-refractivity contribution in [2.75, 3.05) is 33.4 Å². The lowest BCUT2D eigenvalue weighted by molar-refractivity contribution is -0.0503. The van der Waals surface area contributed by atoms with E-state index < -0.39 is 0 Å². The molecule has 1 aromatic carbocycles. The summed E-state index contributed by atoms with van der Waals surface area (Å²) in [7, 11) is 1.69. The van der Waals surface area contributed by atoms with Gasteiger partial charge in [0.2, 0.25) is 0 Å². The molecule has 3 rings (SSSR count). The van der Waals surface area contributed by atoms with E-state index in [9.17, 15) is 0 Å². The quantitative estimate of drug-likeness (QED) is 0.896. The molecule has 0 saturated carbocycles. The van der Waals surface area contributed by atoms with Gasteiger partial charge in [-0.15, -0.1) is 0 Å². The van der Waals surface area contributed by atoms with E-state index >= 15 is 0 Å². The van der Waals surface area contributed by atoms with Gasteiger partial charge < -0.3 is 19.5 Å². The molecule has 2 heterocycles. The maximum atomic E-state index is 5.99. The maximum absolute atomic E-state index is 5.99. The molecule has 0 spiro atoms. The first kappa shape index (κ1) is 15.6. The van der Waals surface area contributed by atoms with Crippen LogP contribution in [0.1, 0.15) is 19.4 Å². The molecule has 2 saturated heterocycles. The van der Waals surface area contributed by atoms with Gasteiger partial charge >= 0.3 is 0 Å². The van der Waals surface area contributed by atoms with E-state index in [1.54, 1.807) is 7.11 Å². The molecule has 0 amide bonds. The van der Waals surface area contributed by atoms with E-state index in [0.29, 0.717) is 12.1 Å². The fourth-order valence-electron chi connectivity index (χ4n) is 3.23. The first-order valence-corrected chi connectivity index (χ1v) is 8.07. The fraction of sp³-hybridized carbons (Fsp3) is 0.647. The molecule has 2 aliphatic rings. The Morgan fingerprint density at radius 1 is 1.36 bits per heavy atom. The van der Waals surface area contributed by atoms with Gasteiger partial charge in [0, 0.05) is 43.9 Å². The first-order chi connectivity index (χ1) is 10.7. The summed E-state index contributed by atoms with van der Waals surface area (Å²) in [5, 5.41) is 3.43. The summed E-state index contributed by atoms with van der Waals surface area (Å²) >= 11 is 0. The Bertz CT molecular complexity index is 507. The van der Waals surface area contributed by atoms with Crippen molar-refractivity contribution in [3.8, 4) is 11.5 Å². The maximum Gasteiger partial charge on any atom is 0.127 e. The molecular weight excluding hydrogens is 280 g/mol. The largest absolute Gasteiger partial charge is 0.497 e. The number of nitrogens with zero attached hydrogens (tertiary/aromatic N) is 1. The normalized spacial score (nSPS) is 25.3. The average Bonchev–Trinajstić information content (AvgIpc) is 2.98. The van der Waals surface area contributed by atoms with Gasteiger partial charge in [0.1, 0.15) is 11.5 Å². The third-order valence-electron chi connectivity index (χ3n) is 4.32. The van der Waals surface area contributed by atoms with Gasteiger partial charge in [-0.2, -0.15) is 0 Å². The van der Waals surface area contributed by atoms with Crippen molar-refractivity contribution in [1.82, 2.24) is 10.2 Å². The van der Waals surface area contributed by atoms with Crippen LogP contribution in [0, 0.1) is 0 Å². The van der Waals surface area contributed by atoms with Gasteiger partial charge in [-0.1, -0.05) is 6.07 Å². The van der Waals surface area contributed by atoms with E-state index in [-0.39, 0.29) is 6.10 Å². The lowest BCUT2D eigenvalue weighted by Crippen LogP contribution is -2.50. The number of rotatable bonds is 5. The smallest absolute Gasteiger partial charge is 0.127 e. The number of morpholine rings is 1. The second-order valence-electron chi connectivity index (χ2n) is 6.25. The molecule has 122 valence electrons. The van der Waals surface area contributed by atoms with Crippen LogP contribution in [0.2, 0.25) is 0 Å². The molecule has 22 heavy (non-hydrogen) atoms. The Labute approximate surface area is 132 Å². The summed E-state index contributed by atoms with van der Waals surface area (Å²) in [6, 6.07) is 6.57. The predicted octanol–water partition coefficient (Wildman–Crippen LogP) is 1.65. The molecule has 2 atom stereocenters. The number of benzene rings is 1. The molecule has 0 unspecified atom stereocenters. The standard InChI is InChI=1S/C17H26N2O3/c1-12(2)22-16-8-14(20-3)5-4-13(16)11-19-6-7-21-17-10-18-9-15(17)19/h4-5,8,12,15,17-18H,6-7,9-11H2,1-3H3/t15-,17+/m1/s1. The SMILES string of the molecule is COc1ccc(CN2CCO[C@H]3CNC[C@H]32)c(OC(C)C)c1. The minimum absolute atomic E-state index is 0.149. The van der Waals surface area contributed by atoms with Gasteiger partial charge in [-0.05, 0) is 19.9 Å². The summed E-state index contributed by atoms with van der Waals surface area (Å²) in [6.45, 7) is 8.72. The monoisotopic (exact) mass is 306 g/mol. The number of methoxy groups -OCH3 is 1. The number of hydrogen-bond acceptors (Lipinski definition) is 5. The van der Waals surface area contributed by atoms with Crippen LogP contribution in [0.4, 0.5) is 0 Å². The van der Waals surface area contributed by atoms with Crippen LogP contribution in [0.25, 0.3) is 0 Å². The molecule has 5 nitrogen and oxygen atoms in total. The van der Waals surface area contributed by atoms with Crippen LogP contribution < -0.4 is 14.8 Å². The van der Waals surface area contributed by atoms with E-state index in [1.165, 1.54) is 5.56 Å². The van der Waals surface area contributed by atoms with E-state index in [1.807, 2.05) is 12.1 Å². The summed E-state index contributed by atoms with van der Waals surface area (Å²) < 4.78 is 17.2. The van der Waals surface area contributed by atoms with Crippen LogP contribution in [0.3, 0.4) is 0 Å². The Kier molecular flexibility index (Phi) is 4.86. The van der Waals surface area contributed by atoms with Crippen LogP contribution in [0.5, 0.6) is 11.5 Å². The van der Waals surface area contributed by atoms with Gasteiger partial charge in [0.05, 0.1) is 25.9 Å². The Morgan fingerprint density at radius 2 is 2.23 bits per heavy atom. The topological polar surface area (TPSA) is 43.0 Å². The summed E-state index contributed by atoms with van der Waals surface area (Å²) in [5.41, 5.74) is 1.21. The number of nitrogens with one attached hydrogen (secondary N) is 1. The highest BCUT2D eigenvalue weighted by molar-refractivity contribution is 5.41. The molecule has 0 aliphatic carbocycles. The minimum Gasteiger partial charge on any atom is -0.497 e. The second-order valence-corrected chi connectivity index (χ2v) is 6.25. The third-order valence-corrected chi connectivity index (χ3v) is 4.32. The van der Waals surface area contributed by atoms with Crippen LogP contribution >= 0.6 is 0 Å². The van der Waals surface area contributed by atoms with E-state index in [2.05, 4.69) is 30.1 Å². The highest BCUT2D eigenvalue weighted by Crippen LogP contribution is 2.29. The zero-order valence-corrected chi connectivity index (χ0v) is 13.7. The van der Waals surface area contributed by atoms with Gasteiger partial charge in [-0.25, -0.2) is 0 Å². The Morgan fingerprint density at radius 3 is 3.00 bits per heavy atom. The van der Waals surface area contributed by atoms with Crippen molar-refractivity contribution < 1.29 is 14.2 Å². The fourth-order valence-corrected chi connectivity index (χ4v) is 3.23. The number of ether oxygens (including phenoxy) is 3. The Balaban J connectivity index is 1.78. The molecule has 2 fully saturated rings. The zero-order valence-electron chi connectivity index (χ0n) is 13.7. The van der Waals surface area contributed by atoms with Crippen molar-refractivity contribution in [3.05, 3.63) is 23.8 Å². The Hall–Kier alpha value is -1.30. The lowest BCUT2D eigenvalue weighted by atomic mass is 10.1. The number of fused-ring (bicyclic) bond motifs is 1. The van der Waals surface area contributed by atoms with Crippen molar-refractivity contribution in [1.29, 1.82) is 0 Å². The lowest BCUT2D eigenvalue weighted by Gasteiger charge is -2.37. The van der Waals surface area contributed by atoms with Crippen molar-refractivity contribution in [2.45, 2.75) is 38.6 Å². The predicted molar refractivity (Wildman–Crippen MR) is 85.6 cm³/mol. The van der Waals surface area contributed by atoms with Crippen LogP contribution in [-0.4, -0.2) is 56.5 Å². The molecular formula is C17H26N2O3.